The number of carbonyl (C=O) groups excluding carboxylic acids is 2. The largest absolute Gasteiger partial charge is 0.493 e. The molecule has 0 bridgehead atoms. The summed E-state index contributed by atoms with van der Waals surface area (Å²) in [6.07, 6.45) is 1.81. The molecule has 0 spiro atoms. The summed E-state index contributed by atoms with van der Waals surface area (Å²) in [4.78, 5) is 28.0. The van der Waals surface area contributed by atoms with Crippen molar-refractivity contribution in [3.63, 3.8) is 0 Å². The van der Waals surface area contributed by atoms with Gasteiger partial charge in [-0.25, -0.2) is 0 Å². The molecule has 30 heavy (non-hydrogen) atoms. The van der Waals surface area contributed by atoms with Gasteiger partial charge in [-0.05, 0) is 24.3 Å². The van der Waals surface area contributed by atoms with E-state index >= 15 is 0 Å². The van der Waals surface area contributed by atoms with Gasteiger partial charge in [0, 0.05) is 29.6 Å². The second-order valence-electron chi connectivity index (χ2n) is 6.81. The lowest BCUT2D eigenvalue weighted by Gasteiger charge is -2.32. The zero-order valence-electron chi connectivity index (χ0n) is 16.7. The highest BCUT2D eigenvalue weighted by Crippen LogP contribution is 2.32. The fourth-order valence-corrected chi connectivity index (χ4v) is 3.64. The Morgan fingerprint density at radius 3 is 2.47 bits per heavy atom. The molecule has 2 heterocycles. The number of methoxy groups -OCH3 is 2. The number of hydrogen-bond donors (Lipinski definition) is 1. The van der Waals surface area contributed by atoms with E-state index in [2.05, 4.69) is 5.32 Å². The van der Waals surface area contributed by atoms with Gasteiger partial charge in [0.15, 0.2) is 17.7 Å². The minimum absolute atomic E-state index is 0.155. The molecule has 1 N–H and O–H groups in total. The summed E-state index contributed by atoms with van der Waals surface area (Å²) in [5.41, 5.74) is 1.95. The molecule has 1 aliphatic rings. The number of hydrogen-bond acceptors (Lipinski definition) is 4. The van der Waals surface area contributed by atoms with Crippen molar-refractivity contribution >= 4 is 23.2 Å². The Bertz CT molecular complexity index is 1080. The van der Waals surface area contributed by atoms with E-state index in [0.29, 0.717) is 22.9 Å². The molecule has 0 aliphatic carbocycles. The third-order valence-corrected chi connectivity index (χ3v) is 5.02. The topological polar surface area (TPSA) is 71.8 Å². The standard InChI is InChI=1S/C23H21N3O4/c1-29-19-12-11-16(14-20(19)30-2)24-23(28)22-18-10-6-7-13-25(18)15-21(27)26(22)17-8-4-3-5-9-17/h3-14,22H,15H2,1-2H3/p+1. The van der Waals surface area contributed by atoms with Crippen LogP contribution in [0.25, 0.3) is 0 Å². The molecule has 7 nitrogen and oxygen atoms in total. The van der Waals surface area contributed by atoms with E-state index in [1.165, 1.54) is 7.11 Å². The van der Waals surface area contributed by atoms with Gasteiger partial charge in [0.05, 0.1) is 14.2 Å². The third kappa shape index (κ3) is 3.57. The molecule has 152 valence electrons. The van der Waals surface area contributed by atoms with Crippen LogP contribution in [0.15, 0.2) is 72.9 Å². The maximum atomic E-state index is 13.4. The molecule has 7 heteroatoms. The van der Waals surface area contributed by atoms with Gasteiger partial charge in [-0.1, -0.05) is 24.3 Å². The Kier molecular flexibility index (Phi) is 5.34. The van der Waals surface area contributed by atoms with Gasteiger partial charge in [0.2, 0.25) is 18.3 Å². The van der Waals surface area contributed by atoms with Crippen LogP contribution in [0.3, 0.4) is 0 Å². The van der Waals surface area contributed by atoms with Crippen molar-refractivity contribution in [2.75, 3.05) is 24.4 Å². The van der Waals surface area contributed by atoms with Gasteiger partial charge >= 0.3 is 0 Å². The molecule has 0 fully saturated rings. The molecule has 4 rings (SSSR count). The van der Waals surface area contributed by atoms with Crippen LogP contribution in [0.4, 0.5) is 11.4 Å². The molecule has 0 saturated heterocycles. The zero-order chi connectivity index (χ0) is 21.1. The third-order valence-electron chi connectivity index (χ3n) is 5.02. The van der Waals surface area contributed by atoms with Gasteiger partial charge in [-0.2, -0.15) is 4.57 Å². The monoisotopic (exact) mass is 404 g/mol. The summed E-state index contributed by atoms with van der Waals surface area (Å²) < 4.78 is 12.4. The van der Waals surface area contributed by atoms with E-state index in [9.17, 15) is 9.59 Å². The maximum Gasteiger partial charge on any atom is 0.294 e. The number of pyridine rings is 1. The van der Waals surface area contributed by atoms with Crippen LogP contribution in [0, 0.1) is 0 Å². The van der Waals surface area contributed by atoms with Gasteiger partial charge in [-0.3, -0.25) is 14.5 Å². The van der Waals surface area contributed by atoms with E-state index < -0.39 is 6.04 Å². The normalized spacial score (nSPS) is 15.3. The molecule has 0 saturated carbocycles. The number of para-hydroxylation sites is 1. The SMILES string of the molecule is COc1ccc(NC(=O)C2c3cccc[n+]3CC(=O)N2c2ccccc2)cc1OC. The fourth-order valence-electron chi connectivity index (χ4n) is 3.64. The van der Waals surface area contributed by atoms with Crippen LogP contribution < -0.4 is 24.3 Å². The number of anilines is 2. The van der Waals surface area contributed by atoms with Gasteiger partial charge in [0.25, 0.3) is 11.8 Å². The van der Waals surface area contributed by atoms with Crippen molar-refractivity contribution in [3.8, 4) is 11.5 Å². The van der Waals surface area contributed by atoms with Gasteiger partial charge in [0.1, 0.15) is 0 Å². The summed E-state index contributed by atoms with van der Waals surface area (Å²) in [7, 11) is 3.09. The number of rotatable bonds is 5. The number of aromatic nitrogens is 1. The first-order valence-electron chi connectivity index (χ1n) is 9.50. The number of carbonyl (C=O) groups is 2. The zero-order valence-corrected chi connectivity index (χ0v) is 16.7. The Labute approximate surface area is 174 Å². The average molecular weight is 404 g/mol. The number of fused-ring (bicyclic) bond motifs is 1. The van der Waals surface area contributed by atoms with Crippen LogP contribution >= 0.6 is 0 Å². The smallest absolute Gasteiger partial charge is 0.294 e. The highest BCUT2D eigenvalue weighted by Gasteiger charge is 2.43. The van der Waals surface area contributed by atoms with Crippen molar-refractivity contribution in [2.45, 2.75) is 12.6 Å². The lowest BCUT2D eigenvalue weighted by Crippen LogP contribution is -2.58. The predicted molar refractivity (Wildman–Crippen MR) is 111 cm³/mol. The maximum absolute atomic E-state index is 13.4. The summed E-state index contributed by atoms with van der Waals surface area (Å²) in [5.74, 6) is 0.594. The van der Waals surface area contributed by atoms with Crippen LogP contribution in [0.2, 0.25) is 0 Å². The molecule has 1 unspecified atom stereocenters. The van der Waals surface area contributed by atoms with E-state index in [4.69, 9.17) is 9.47 Å². The molecule has 1 aliphatic heterocycles. The minimum Gasteiger partial charge on any atom is -0.493 e. The lowest BCUT2D eigenvalue weighted by molar-refractivity contribution is -0.695. The van der Waals surface area contributed by atoms with E-state index in [0.717, 1.165) is 5.69 Å². The molecule has 0 radical (unpaired) electrons. The highest BCUT2D eigenvalue weighted by atomic mass is 16.5. The number of benzene rings is 2. The molecule has 2 aromatic carbocycles. The summed E-state index contributed by atoms with van der Waals surface area (Å²) in [6, 6.07) is 19.1. The minimum atomic E-state index is -0.817. The number of ether oxygens (including phenoxy) is 2. The van der Waals surface area contributed by atoms with Crippen LogP contribution in [0.1, 0.15) is 11.7 Å². The summed E-state index contributed by atoms with van der Waals surface area (Å²) >= 11 is 0. The second kappa shape index (κ2) is 8.24. The molecule has 1 atom stereocenters. The molecular weight excluding hydrogens is 382 g/mol. The molecular formula is C23H22N3O4+. The Balaban J connectivity index is 1.73. The van der Waals surface area contributed by atoms with Gasteiger partial charge in [-0.15, -0.1) is 0 Å². The van der Waals surface area contributed by atoms with Crippen molar-refractivity contribution in [2.24, 2.45) is 0 Å². The molecule has 1 aromatic heterocycles. The quantitative estimate of drug-likeness (QED) is 0.664. The number of nitrogens with one attached hydrogen (secondary N) is 1. The average Bonchev–Trinajstić information content (AvgIpc) is 2.78. The predicted octanol–water partition coefficient (Wildman–Crippen LogP) is 2.72. The first kappa shape index (κ1) is 19.4. The Hall–Kier alpha value is -3.87. The van der Waals surface area contributed by atoms with Crippen molar-refractivity contribution < 1.29 is 23.6 Å². The Morgan fingerprint density at radius 1 is 1.00 bits per heavy atom. The summed E-state index contributed by atoms with van der Waals surface area (Å²) in [5, 5.41) is 2.92. The van der Waals surface area contributed by atoms with Crippen LogP contribution in [-0.4, -0.2) is 26.0 Å². The highest BCUT2D eigenvalue weighted by molar-refractivity contribution is 6.05. The first-order chi connectivity index (χ1) is 14.6. The number of amides is 2. The Morgan fingerprint density at radius 2 is 1.73 bits per heavy atom. The fraction of sp³-hybridized carbons (Fsp3) is 0.174. The first-order valence-corrected chi connectivity index (χ1v) is 9.50. The van der Waals surface area contributed by atoms with Crippen molar-refractivity contribution in [1.82, 2.24) is 0 Å². The van der Waals surface area contributed by atoms with Gasteiger partial charge < -0.3 is 14.8 Å². The molecule has 3 aromatic rings. The van der Waals surface area contributed by atoms with E-state index in [1.807, 2.05) is 54.7 Å². The van der Waals surface area contributed by atoms with Crippen LogP contribution in [0.5, 0.6) is 11.5 Å². The summed E-state index contributed by atoms with van der Waals surface area (Å²) in [6.45, 7) is 0.172. The molecule has 2 amide bonds. The van der Waals surface area contributed by atoms with Crippen LogP contribution in [-0.2, 0) is 16.1 Å². The van der Waals surface area contributed by atoms with E-state index in [-0.39, 0.29) is 18.4 Å². The number of nitrogens with zero attached hydrogens (tertiary/aromatic N) is 2. The van der Waals surface area contributed by atoms with Crippen molar-refractivity contribution in [1.29, 1.82) is 0 Å². The lowest BCUT2D eigenvalue weighted by atomic mass is 10.0. The van der Waals surface area contributed by atoms with Crippen molar-refractivity contribution in [3.05, 3.63) is 78.6 Å². The second-order valence-corrected chi connectivity index (χ2v) is 6.81. The van der Waals surface area contributed by atoms with E-state index in [1.54, 1.807) is 34.8 Å².